The maximum Gasteiger partial charge on any atom is 0.289 e. The predicted molar refractivity (Wildman–Crippen MR) is 65.5 cm³/mol. The first-order chi connectivity index (χ1) is 8.15. The summed E-state index contributed by atoms with van der Waals surface area (Å²) in [6.07, 6.45) is 3.04. The minimum Gasteiger partial charge on any atom is -0.385 e. The van der Waals surface area contributed by atoms with E-state index in [2.05, 4.69) is 10.3 Å². The Morgan fingerprint density at radius 1 is 1.59 bits per heavy atom. The number of anilines is 1. The fourth-order valence-corrected chi connectivity index (χ4v) is 1.46. The summed E-state index contributed by atoms with van der Waals surface area (Å²) in [6, 6.07) is 1.28. The summed E-state index contributed by atoms with van der Waals surface area (Å²) in [4.78, 5) is 13.8. The van der Waals surface area contributed by atoms with E-state index in [9.17, 15) is 10.1 Å². The number of nitrogens with zero attached hydrogens (tertiary/aromatic N) is 2. The fourth-order valence-electron chi connectivity index (χ4n) is 1.24. The van der Waals surface area contributed by atoms with Crippen LogP contribution in [0.25, 0.3) is 0 Å². The molecule has 0 aliphatic rings. The number of hydrogen-bond acceptors (Lipinski definition) is 5. The molecule has 17 heavy (non-hydrogen) atoms. The van der Waals surface area contributed by atoms with Gasteiger partial charge in [-0.25, -0.2) is 4.98 Å². The van der Waals surface area contributed by atoms with E-state index < -0.39 is 4.92 Å². The Labute approximate surface area is 104 Å². The highest BCUT2D eigenvalue weighted by molar-refractivity contribution is 6.33. The van der Waals surface area contributed by atoms with Crippen molar-refractivity contribution in [1.82, 2.24) is 4.98 Å². The van der Waals surface area contributed by atoms with Crippen LogP contribution in [-0.4, -0.2) is 30.2 Å². The van der Waals surface area contributed by atoms with E-state index in [0.717, 1.165) is 12.8 Å². The summed E-state index contributed by atoms with van der Waals surface area (Å²) in [6.45, 7) is 1.41. The number of halogens is 1. The molecule has 1 heterocycles. The smallest absolute Gasteiger partial charge is 0.289 e. The van der Waals surface area contributed by atoms with Crippen LogP contribution in [0.1, 0.15) is 12.8 Å². The summed E-state index contributed by atoms with van der Waals surface area (Å²) >= 11 is 5.86. The molecule has 0 amide bonds. The minimum atomic E-state index is -0.527. The Morgan fingerprint density at radius 2 is 2.35 bits per heavy atom. The van der Waals surface area contributed by atoms with Gasteiger partial charge >= 0.3 is 0 Å². The van der Waals surface area contributed by atoms with Crippen molar-refractivity contribution in [3.8, 4) is 0 Å². The highest BCUT2D eigenvalue weighted by atomic mass is 35.5. The summed E-state index contributed by atoms with van der Waals surface area (Å²) in [5.41, 5.74) is -0.111. The second-order valence-electron chi connectivity index (χ2n) is 3.41. The molecule has 0 saturated carbocycles. The molecule has 6 nitrogen and oxygen atoms in total. The summed E-state index contributed by atoms with van der Waals surface area (Å²) in [5, 5.41) is 13.7. The maximum absolute atomic E-state index is 10.5. The largest absolute Gasteiger partial charge is 0.385 e. The monoisotopic (exact) mass is 259 g/mol. The van der Waals surface area contributed by atoms with Gasteiger partial charge in [0.05, 0.1) is 9.95 Å². The number of rotatable bonds is 7. The second-order valence-corrected chi connectivity index (χ2v) is 3.81. The van der Waals surface area contributed by atoms with Crippen LogP contribution in [0.4, 0.5) is 11.5 Å². The van der Waals surface area contributed by atoms with E-state index in [1.807, 2.05) is 0 Å². The van der Waals surface area contributed by atoms with E-state index >= 15 is 0 Å². The van der Waals surface area contributed by atoms with E-state index in [1.54, 1.807) is 7.11 Å². The Hall–Kier alpha value is -1.40. The van der Waals surface area contributed by atoms with Gasteiger partial charge in [-0.2, -0.15) is 0 Å². The van der Waals surface area contributed by atoms with Gasteiger partial charge in [-0.3, -0.25) is 10.1 Å². The first kappa shape index (κ1) is 13.7. The van der Waals surface area contributed by atoms with Crippen LogP contribution in [-0.2, 0) is 4.74 Å². The molecule has 0 atom stereocenters. The van der Waals surface area contributed by atoms with E-state index in [0.29, 0.717) is 19.0 Å². The normalized spacial score (nSPS) is 10.2. The number of aromatic nitrogens is 1. The number of methoxy groups -OCH3 is 1. The van der Waals surface area contributed by atoms with Crippen LogP contribution >= 0.6 is 11.6 Å². The molecule has 0 radical (unpaired) electrons. The average molecular weight is 260 g/mol. The molecule has 0 aromatic carbocycles. The van der Waals surface area contributed by atoms with Crippen LogP contribution < -0.4 is 5.32 Å². The lowest BCUT2D eigenvalue weighted by atomic mass is 10.3. The molecule has 94 valence electrons. The first-order valence-electron chi connectivity index (χ1n) is 5.18. The molecule has 0 fully saturated rings. The SMILES string of the molecule is COCCCCNc1ncc([N+](=O)[O-])cc1Cl. The minimum absolute atomic E-state index is 0.111. The van der Waals surface area contributed by atoms with Crippen LogP contribution in [0.15, 0.2) is 12.3 Å². The van der Waals surface area contributed by atoms with Gasteiger partial charge in [-0.05, 0) is 12.8 Å². The highest BCUT2D eigenvalue weighted by Gasteiger charge is 2.10. The van der Waals surface area contributed by atoms with Gasteiger partial charge in [0.2, 0.25) is 0 Å². The Morgan fingerprint density at radius 3 is 2.94 bits per heavy atom. The van der Waals surface area contributed by atoms with E-state index in [1.165, 1.54) is 12.3 Å². The van der Waals surface area contributed by atoms with Crippen molar-refractivity contribution >= 4 is 23.1 Å². The molecule has 0 aliphatic carbocycles. The molecule has 0 unspecified atom stereocenters. The van der Waals surface area contributed by atoms with Crippen molar-refractivity contribution in [1.29, 1.82) is 0 Å². The van der Waals surface area contributed by atoms with Gasteiger partial charge < -0.3 is 10.1 Å². The van der Waals surface area contributed by atoms with Crippen molar-refractivity contribution in [3.63, 3.8) is 0 Å². The Bertz CT molecular complexity index is 387. The molecule has 1 N–H and O–H groups in total. The third kappa shape index (κ3) is 4.54. The molecule has 0 saturated heterocycles. The number of nitrogens with one attached hydrogen (secondary N) is 1. The Kier molecular flexibility index (Phi) is 5.65. The third-order valence-corrected chi connectivity index (χ3v) is 2.39. The number of pyridine rings is 1. The number of unbranched alkanes of at least 4 members (excludes halogenated alkanes) is 1. The lowest BCUT2D eigenvalue weighted by Gasteiger charge is -2.06. The zero-order valence-corrected chi connectivity index (χ0v) is 10.2. The van der Waals surface area contributed by atoms with Crippen molar-refractivity contribution in [2.24, 2.45) is 0 Å². The van der Waals surface area contributed by atoms with Crippen LogP contribution in [0.3, 0.4) is 0 Å². The number of ether oxygens (including phenoxy) is 1. The molecule has 1 aromatic rings. The second kappa shape index (κ2) is 7.03. The van der Waals surface area contributed by atoms with Gasteiger partial charge in [0.1, 0.15) is 12.0 Å². The van der Waals surface area contributed by atoms with E-state index in [-0.39, 0.29) is 10.7 Å². The Balaban J connectivity index is 2.46. The summed E-state index contributed by atoms with van der Waals surface area (Å²) < 4.78 is 4.92. The molecule has 0 aliphatic heterocycles. The quantitative estimate of drug-likeness (QED) is 0.462. The molecule has 7 heteroatoms. The van der Waals surface area contributed by atoms with E-state index in [4.69, 9.17) is 16.3 Å². The number of nitro groups is 1. The lowest BCUT2D eigenvalue weighted by Crippen LogP contribution is -2.05. The van der Waals surface area contributed by atoms with Crippen LogP contribution in [0.5, 0.6) is 0 Å². The fraction of sp³-hybridized carbons (Fsp3) is 0.500. The van der Waals surface area contributed by atoms with Crippen LogP contribution in [0.2, 0.25) is 5.02 Å². The first-order valence-corrected chi connectivity index (χ1v) is 5.55. The topological polar surface area (TPSA) is 77.3 Å². The third-order valence-electron chi connectivity index (χ3n) is 2.11. The molecule has 0 spiro atoms. The molecule has 1 rings (SSSR count). The lowest BCUT2D eigenvalue weighted by molar-refractivity contribution is -0.385. The molecular formula is C10H14ClN3O3. The van der Waals surface area contributed by atoms with Gasteiger partial charge in [-0.15, -0.1) is 0 Å². The summed E-state index contributed by atoms with van der Waals surface area (Å²) in [5.74, 6) is 0.467. The average Bonchev–Trinajstić information content (AvgIpc) is 2.30. The number of hydrogen-bond donors (Lipinski definition) is 1. The van der Waals surface area contributed by atoms with Crippen molar-refractivity contribution in [3.05, 3.63) is 27.4 Å². The molecule has 0 bridgehead atoms. The zero-order chi connectivity index (χ0) is 12.7. The maximum atomic E-state index is 10.5. The molecular weight excluding hydrogens is 246 g/mol. The highest BCUT2D eigenvalue weighted by Crippen LogP contribution is 2.23. The summed E-state index contributed by atoms with van der Waals surface area (Å²) in [7, 11) is 1.65. The van der Waals surface area contributed by atoms with Crippen molar-refractivity contribution in [2.45, 2.75) is 12.8 Å². The zero-order valence-electron chi connectivity index (χ0n) is 9.48. The van der Waals surface area contributed by atoms with Crippen LogP contribution in [0, 0.1) is 10.1 Å². The standard InChI is InChI=1S/C10H14ClN3O3/c1-17-5-3-2-4-12-10-9(11)6-8(7-13-10)14(15)16/h6-7H,2-5H2,1H3,(H,12,13). The van der Waals surface area contributed by atoms with Gasteiger partial charge in [0.15, 0.2) is 0 Å². The van der Waals surface area contributed by atoms with Gasteiger partial charge in [0, 0.05) is 26.3 Å². The predicted octanol–water partition coefficient (Wildman–Crippen LogP) is 2.48. The van der Waals surface area contributed by atoms with Crippen molar-refractivity contribution < 1.29 is 9.66 Å². The van der Waals surface area contributed by atoms with Crippen molar-refractivity contribution in [2.75, 3.05) is 25.6 Å². The van der Waals surface area contributed by atoms with Gasteiger partial charge in [-0.1, -0.05) is 11.6 Å². The van der Waals surface area contributed by atoms with Gasteiger partial charge in [0.25, 0.3) is 5.69 Å². The molecule has 1 aromatic heterocycles.